The standard InChI is InChI=1S/C18H22N6O/c1-11(17-12(2)22-23(5)13(17)3)18(25)21-15-6-7-16(20-10-15)24-9-8-19-14(24)4/h6-11H,1-5H3,(H,21,25)/t11-/m1/s1. The van der Waals surface area contributed by atoms with Crippen molar-refractivity contribution in [2.75, 3.05) is 5.32 Å². The fourth-order valence-electron chi connectivity index (χ4n) is 3.02. The molecule has 1 atom stereocenters. The number of aryl methyl sites for hydroxylation is 3. The largest absolute Gasteiger partial charge is 0.324 e. The van der Waals surface area contributed by atoms with Crippen LogP contribution in [0.2, 0.25) is 0 Å². The Hall–Kier alpha value is -2.96. The molecule has 3 heterocycles. The second kappa shape index (κ2) is 6.51. The van der Waals surface area contributed by atoms with Crippen LogP contribution < -0.4 is 5.32 Å². The van der Waals surface area contributed by atoms with Crippen LogP contribution in [0.5, 0.6) is 0 Å². The predicted octanol–water partition coefficient (Wildman–Crippen LogP) is 2.67. The molecule has 0 aliphatic carbocycles. The van der Waals surface area contributed by atoms with Crippen molar-refractivity contribution in [3.05, 3.63) is 53.5 Å². The molecule has 25 heavy (non-hydrogen) atoms. The lowest BCUT2D eigenvalue weighted by molar-refractivity contribution is -0.117. The summed E-state index contributed by atoms with van der Waals surface area (Å²) >= 11 is 0. The number of nitrogens with one attached hydrogen (secondary N) is 1. The highest BCUT2D eigenvalue weighted by Gasteiger charge is 2.22. The number of amides is 1. The maximum atomic E-state index is 12.6. The van der Waals surface area contributed by atoms with E-state index in [1.54, 1.807) is 17.1 Å². The zero-order chi connectivity index (χ0) is 18.1. The molecule has 130 valence electrons. The van der Waals surface area contributed by atoms with Gasteiger partial charge in [-0.15, -0.1) is 0 Å². The number of rotatable bonds is 4. The summed E-state index contributed by atoms with van der Waals surface area (Å²) in [5, 5.41) is 7.31. The number of imidazole rings is 1. The van der Waals surface area contributed by atoms with Crippen LogP contribution in [0.15, 0.2) is 30.7 Å². The molecule has 0 aliphatic rings. The summed E-state index contributed by atoms with van der Waals surface area (Å²) in [5.74, 6) is 1.26. The van der Waals surface area contributed by atoms with E-state index < -0.39 is 0 Å². The van der Waals surface area contributed by atoms with E-state index in [0.29, 0.717) is 5.69 Å². The van der Waals surface area contributed by atoms with Gasteiger partial charge in [-0.1, -0.05) is 0 Å². The fraction of sp³-hybridized carbons (Fsp3) is 0.333. The first-order valence-electron chi connectivity index (χ1n) is 8.15. The van der Waals surface area contributed by atoms with Gasteiger partial charge < -0.3 is 5.32 Å². The van der Waals surface area contributed by atoms with Crippen molar-refractivity contribution in [1.82, 2.24) is 24.3 Å². The third-order valence-corrected chi connectivity index (χ3v) is 4.48. The van der Waals surface area contributed by atoms with Gasteiger partial charge in [0.1, 0.15) is 11.6 Å². The van der Waals surface area contributed by atoms with E-state index in [9.17, 15) is 4.79 Å². The Kier molecular flexibility index (Phi) is 4.39. The minimum atomic E-state index is -0.288. The Morgan fingerprint density at radius 1 is 1.20 bits per heavy atom. The monoisotopic (exact) mass is 338 g/mol. The molecule has 0 radical (unpaired) electrons. The van der Waals surface area contributed by atoms with Crippen LogP contribution in [0.3, 0.4) is 0 Å². The first-order valence-corrected chi connectivity index (χ1v) is 8.15. The van der Waals surface area contributed by atoms with E-state index in [4.69, 9.17) is 0 Å². The molecule has 1 amide bonds. The lowest BCUT2D eigenvalue weighted by Gasteiger charge is -2.13. The first-order chi connectivity index (χ1) is 11.9. The van der Waals surface area contributed by atoms with Crippen LogP contribution in [-0.4, -0.2) is 30.2 Å². The van der Waals surface area contributed by atoms with Gasteiger partial charge >= 0.3 is 0 Å². The zero-order valence-electron chi connectivity index (χ0n) is 15.1. The maximum absolute atomic E-state index is 12.6. The molecule has 3 aromatic heterocycles. The molecule has 3 rings (SSSR count). The lowest BCUT2D eigenvalue weighted by Crippen LogP contribution is -2.20. The van der Waals surface area contributed by atoms with Crippen LogP contribution in [-0.2, 0) is 11.8 Å². The second-order valence-corrected chi connectivity index (χ2v) is 6.17. The Morgan fingerprint density at radius 3 is 2.48 bits per heavy atom. The molecule has 0 bridgehead atoms. The van der Waals surface area contributed by atoms with Crippen molar-refractivity contribution in [2.24, 2.45) is 7.05 Å². The molecule has 1 N–H and O–H groups in total. The molecule has 0 aromatic carbocycles. The van der Waals surface area contributed by atoms with Crippen molar-refractivity contribution in [2.45, 2.75) is 33.6 Å². The molecule has 0 saturated carbocycles. The molecule has 7 heteroatoms. The summed E-state index contributed by atoms with van der Waals surface area (Å²) < 4.78 is 3.69. The molecule has 3 aromatic rings. The van der Waals surface area contributed by atoms with Gasteiger partial charge in [0, 0.05) is 30.7 Å². The topological polar surface area (TPSA) is 77.6 Å². The SMILES string of the molecule is Cc1nn(C)c(C)c1[C@@H](C)C(=O)Nc1ccc(-n2ccnc2C)nc1. The van der Waals surface area contributed by atoms with Gasteiger partial charge in [0.05, 0.1) is 23.5 Å². The summed E-state index contributed by atoms with van der Waals surface area (Å²) in [6, 6.07) is 3.70. The molecule has 7 nitrogen and oxygen atoms in total. The van der Waals surface area contributed by atoms with E-state index in [1.165, 1.54) is 0 Å². The van der Waals surface area contributed by atoms with Crippen molar-refractivity contribution in [3.8, 4) is 5.82 Å². The first kappa shape index (κ1) is 16.9. The highest BCUT2D eigenvalue weighted by Crippen LogP contribution is 2.24. The minimum absolute atomic E-state index is 0.0763. The highest BCUT2D eigenvalue weighted by molar-refractivity contribution is 5.95. The van der Waals surface area contributed by atoms with E-state index >= 15 is 0 Å². The summed E-state index contributed by atoms with van der Waals surface area (Å²) in [5.41, 5.74) is 3.52. The number of pyridine rings is 1. The predicted molar refractivity (Wildman–Crippen MR) is 95.8 cm³/mol. The summed E-state index contributed by atoms with van der Waals surface area (Å²) in [6.07, 6.45) is 5.24. The van der Waals surface area contributed by atoms with Gasteiger partial charge in [0.2, 0.25) is 5.91 Å². The van der Waals surface area contributed by atoms with E-state index in [-0.39, 0.29) is 11.8 Å². The van der Waals surface area contributed by atoms with Crippen LogP contribution in [0.4, 0.5) is 5.69 Å². The van der Waals surface area contributed by atoms with Crippen LogP contribution in [0.1, 0.15) is 35.6 Å². The molecule has 0 fully saturated rings. The van der Waals surface area contributed by atoms with Crippen molar-refractivity contribution in [3.63, 3.8) is 0 Å². The summed E-state index contributed by atoms with van der Waals surface area (Å²) in [6.45, 7) is 7.71. The lowest BCUT2D eigenvalue weighted by atomic mass is 9.98. The third kappa shape index (κ3) is 3.17. The van der Waals surface area contributed by atoms with Gasteiger partial charge in [-0.2, -0.15) is 5.10 Å². The quantitative estimate of drug-likeness (QED) is 0.793. The van der Waals surface area contributed by atoms with Crippen molar-refractivity contribution in [1.29, 1.82) is 0 Å². The van der Waals surface area contributed by atoms with Gasteiger partial charge in [-0.05, 0) is 39.8 Å². The van der Waals surface area contributed by atoms with Crippen molar-refractivity contribution >= 4 is 11.6 Å². The normalized spacial score (nSPS) is 12.2. The Morgan fingerprint density at radius 2 is 1.96 bits per heavy atom. The Balaban J connectivity index is 1.76. The van der Waals surface area contributed by atoms with E-state index in [1.807, 2.05) is 57.6 Å². The molecule has 0 saturated heterocycles. The Labute approximate surface area is 146 Å². The smallest absolute Gasteiger partial charge is 0.231 e. The number of anilines is 1. The van der Waals surface area contributed by atoms with E-state index in [0.717, 1.165) is 28.6 Å². The third-order valence-electron chi connectivity index (χ3n) is 4.48. The second-order valence-electron chi connectivity index (χ2n) is 6.17. The van der Waals surface area contributed by atoms with Gasteiger partial charge in [0.25, 0.3) is 0 Å². The molecular formula is C18H22N6O. The highest BCUT2D eigenvalue weighted by atomic mass is 16.1. The summed E-state index contributed by atoms with van der Waals surface area (Å²) in [7, 11) is 1.89. The number of hydrogen-bond acceptors (Lipinski definition) is 4. The maximum Gasteiger partial charge on any atom is 0.231 e. The molecule has 0 spiro atoms. The van der Waals surface area contributed by atoms with Crippen LogP contribution in [0.25, 0.3) is 5.82 Å². The average Bonchev–Trinajstić information content (AvgIpc) is 3.11. The van der Waals surface area contributed by atoms with Gasteiger partial charge in [0.15, 0.2) is 0 Å². The number of aromatic nitrogens is 5. The fourth-order valence-corrected chi connectivity index (χ4v) is 3.02. The van der Waals surface area contributed by atoms with Gasteiger partial charge in [-0.25, -0.2) is 9.97 Å². The number of carbonyl (C=O) groups is 1. The van der Waals surface area contributed by atoms with Crippen LogP contribution in [0, 0.1) is 20.8 Å². The van der Waals surface area contributed by atoms with Gasteiger partial charge in [-0.3, -0.25) is 14.0 Å². The molecular weight excluding hydrogens is 316 g/mol. The number of hydrogen-bond donors (Lipinski definition) is 1. The van der Waals surface area contributed by atoms with E-state index in [2.05, 4.69) is 20.4 Å². The molecule has 0 unspecified atom stereocenters. The average molecular weight is 338 g/mol. The number of carbonyl (C=O) groups excluding carboxylic acids is 1. The number of nitrogens with zero attached hydrogens (tertiary/aromatic N) is 5. The van der Waals surface area contributed by atoms with Crippen LogP contribution >= 0.6 is 0 Å². The Bertz CT molecular complexity index is 906. The zero-order valence-corrected chi connectivity index (χ0v) is 15.1. The van der Waals surface area contributed by atoms with Crippen molar-refractivity contribution < 1.29 is 4.79 Å². The molecule has 0 aliphatic heterocycles. The minimum Gasteiger partial charge on any atom is -0.324 e. The summed E-state index contributed by atoms with van der Waals surface area (Å²) in [4.78, 5) is 21.2.